The van der Waals surface area contributed by atoms with Crippen LogP contribution in [0.5, 0.6) is 0 Å². The Balaban J connectivity index is 2.54. The van der Waals surface area contributed by atoms with Gasteiger partial charge in [0, 0.05) is 6.04 Å². The Kier molecular flexibility index (Phi) is 3.72. The van der Waals surface area contributed by atoms with Gasteiger partial charge in [-0.25, -0.2) is 0 Å². The molecule has 1 saturated heterocycles. The summed E-state index contributed by atoms with van der Waals surface area (Å²) in [5.41, 5.74) is 0. The molecule has 1 aliphatic rings. The van der Waals surface area contributed by atoms with Crippen molar-refractivity contribution in [2.45, 2.75) is 45.7 Å². The van der Waals surface area contributed by atoms with Crippen LogP contribution in [-0.4, -0.2) is 36.1 Å². The molecular formula is C10H19NO2. The van der Waals surface area contributed by atoms with Crippen molar-refractivity contribution >= 4 is 5.97 Å². The van der Waals surface area contributed by atoms with E-state index in [9.17, 15) is 4.79 Å². The van der Waals surface area contributed by atoms with Crippen LogP contribution in [-0.2, 0) is 9.53 Å². The summed E-state index contributed by atoms with van der Waals surface area (Å²) in [5, 5.41) is 0. The Morgan fingerprint density at radius 3 is 2.69 bits per heavy atom. The van der Waals surface area contributed by atoms with Gasteiger partial charge >= 0.3 is 5.97 Å². The van der Waals surface area contributed by atoms with E-state index in [4.69, 9.17) is 4.74 Å². The first-order chi connectivity index (χ1) is 6.20. The van der Waals surface area contributed by atoms with Gasteiger partial charge in [-0.2, -0.15) is 0 Å². The summed E-state index contributed by atoms with van der Waals surface area (Å²) in [6, 6.07) is 0.541. The first kappa shape index (κ1) is 10.5. The Labute approximate surface area is 80.1 Å². The molecule has 0 aromatic rings. The second kappa shape index (κ2) is 4.61. The molecule has 0 unspecified atom stereocenters. The lowest BCUT2D eigenvalue weighted by molar-refractivity contribution is -0.148. The van der Waals surface area contributed by atoms with Crippen LogP contribution < -0.4 is 0 Å². The van der Waals surface area contributed by atoms with Crippen LogP contribution in [0.25, 0.3) is 0 Å². The van der Waals surface area contributed by atoms with Crippen LogP contribution in [0.15, 0.2) is 0 Å². The molecule has 1 fully saturated rings. The van der Waals surface area contributed by atoms with E-state index < -0.39 is 0 Å². The van der Waals surface area contributed by atoms with Gasteiger partial charge in [0.2, 0.25) is 0 Å². The van der Waals surface area contributed by atoms with E-state index in [0.717, 1.165) is 19.4 Å². The van der Waals surface area contributed by atoms with Gasteiger partial charge in [-0.3, -0.25) is 9.69 Å². The number of carbonyl (C=O) groups excluding carboxylic acids is 1. The highest BCUT2D eigenvalue weighted by Gasteiger charge is 2.35. The summed E-state index contributed by atoms with van der Waals surface area (Å²) >= 11 is 0. The average Bonchev–Trinajstić information content (AvgIpc) is 2.47. The van der Waals surface area contributed by atoms with Gasteiger partial charge < -0.3 is 4.74 Å². The predicted octanol–water partition coefficient (Wildman–Crippen LogP) is 1.42. The smallest absolute Gasteiger partial charge is 0.323 e. The number of carbonyl (C=O) groups is 1. The molecule has 0 amide bonds. The number of rotatable bonds is 3. The maximum absolute atomic E-state index is 11.5. The van der Waals surface area contributed by atoms with Crippen molar-refractivity contribution in [3.05, 3.63) is 0 Å². The van der Waals surface area contributed by atoms with Gasteiger partial charge in [-0.1, -0.05) is 6.92 Å². The largest absolute Gasteiger partial charge is 0.465 e. The maximum atomic E-state index is 11.5. The van der Waals surface area contributed by atoms with Crippen molar-refractivity contribution in [1.82, 2.24) is 4.90 Å². The standard InChI is InChI=1S/C10H19NO2/c1-4-11-8(3)6-7-9(11)10(12)13-5-2/h8-9H,4-7H2,1-3H3/t8-,9-/m0/s1. The lowest BCUT2D eigenvalue weighted by Gasteiger charge is -2.24. The van der Waals surface area contributed by atoms with Crippen LogP contribution in [0.1, 0.15) is 33.6 Å². The Bertz CT molecular complexity index is 182. The third-order valence-corrected chi connectivity index (χ3v) is 2.75. The number of likely N-dealkylation sites (tertiary alicyclic amines) is 1. The fourth-order valence-electron chi connectivity index (χ4n) is 2.06. The lowest BCUT2D eigenvalue weighted by Crippen LogP contribution is -2.40. The average molecular weight is 185 g/mol. The van der Waals surface area contributed by atoms with Crippen LogP contribution in [0.2, 0.25) is 0 Å². The SMILES string of the molecule is CCOC(=O)[C@@H]1CC[C@H](C)N1CC. The molecule has 0 aliphatic carbocycles. The molecule has 0 aromatic carbocycles. The van der Waals surface area contributed by atoms with E-state index in [2.05, 4.69) is 18.7 Å². The minimum Gasteiger partial charge on any atom is -0.465 e. The fourth-order valence-corrected chi connectivity index (χ4v) is 2.06. The van der Waals surface area contributed by atoms with Crippen molar-refractivity contribution < 1.29 is 9.53 Å². The molecule has 76 valence electrons. The molecule has 0 radical (unpaired) electrons. The molecule has 13 heavy (non-hydrogen) atoms. The second-order valence-electron chi connectivity index (χ2n) is 3.52. The summed E-state index contributed by atoms with van der Waals surface area (Å²) in [6.07, 6.45) is 2.06. The molecule has 2 atom stereocenters. The Morgan fingerprint density at radius 2 is 2.15 bits per heavy atom. The Hall–Kier alpha value is -0.570. The molecule has 1 aliphatic heterocycles. The quantitative estimate of drug-likeness (QED) is 0.623. The van der Waals surface area contributed by atoms with Gasteiger partial charge in [0.05, 0.1) is 6.61 Å². The number of esters is 1. The molecule has 0 spiro atoms. The Morgan fingerprint density at radius 1 is 1.46 bits per heavy atom. The first-order valence-electron chi connectivity index (χ1n) is 5.13. The van der Waals surface area contributed by atoms with E-state index in [1.54, 1.807) is 0 Å². The number of hydrogen-bond donors (Lipinski definition) is 0. The van der Waals surface area contributed by atoms with E-state index in [1.165, 1.54) is 0 Å². The van der Waals surface area contributed by atoms with E-state index in [1.807, 2.05) is 6.92 Å². The molecule has 0 N–H and O–H groups in total. The molecule has 3 nitrogen and oxygen atoms in total. The number of ether oxygens (including phenoxy) is 1. The monoisotopic (exact) mass is 185 g/mol. The number of nitrogens with zero attached hydrogens (tertiary/aromatic N) is 1. The van der Waals surface area contributed by atoms with Gasteiger partial charge in [-0.15, -0.1) is 0 Å². The summed E-state index contributed by atoms with van der Waals surface area (Å²) in [4.78, 5) is 13.7. The molecular weight excluding hydrogens is 166 g/mol. The zero-order chi connectivity index (χ0) is 9.84. The minimum absolute atomic E-state index is 0.0138. The predicted molar refractivity (Wildman–Crippen MR) is 51.5 cm³/mol. The van der Waals surface area contributed by atoms with Gasteiger partial charge in [-0.05, 0) is 33.2 Å². The highest BCUT2D eigenvalue weighted by molar-refractivity contribution is 5.76. The zero-order valence-corrected chi connectivity index (χ0v) is 8.75. The van der Waals surface area contributed by atoms with Crippen LogP contribution in [0.4, 0.5) is 0 Å². The highest BCUT2D eigenvalue weighted by atomic mass is 16.5. The molecule has 3 heteroatoms. The van der Waals surface area contributed by atoms with Crippen molar-refractivity contribution in [3.8, 4) is 0 Å². The van der Waals surface area contributed by atoms with Crippen molar-refractivity contribution in [2.75, 3.05) is 13.2 Å². The summed E-state index contributed by atoms with van der Waals surface area (Å²) in [7, 11) is 0. The maximum Gasteiger partial charge on any atom is 0.323 e. The van der Waals surface area contributed by atoms with Crippen LogP contribution >= 0.6 is 0 Å². The van der Waals surface area contributed by atoms with E-state index in [0.29, 0.717) is 12.6 Å². The van der Waals surface area contributed by atoms with Crippen molar-refractivity contribution in [3.63, 3.8) is 0 Å². The summed E-state index contributed by atoms with van der Waals surface area (Å²) in [6.45, 7) is 7.54. The first-order valence-corrected chi connectivity index (χ1v) is 5.13. The second-order valence-corrected chi connectivity index (χ2v) is 3.52. The summed E-state index contributed by atoms with van der Waals surface area (Å²) in [5.74, 6) is -0.0475. The molecule has 0 aromatic heterocycles. The molecule has 0 bridgehead atoms. The van der Waals surface area contributed by atoms with Crippen LogP contribution in [0.3, 0.4) is 0 Å². The van der Waals surface area contributed by atoms with Crippen molar-refractivity contribution in [1.29, 1.82) is 0 Å². The van der Waals surface area contributed by atoms with Gasteiger partial charge in [0.25, 0.3) is 0 Å². The third kappa shape index (κ3) is 2.21. The lowest BCUT2D eigenvalue weighted by atomic mass is 10.2. The van der Waals surface area contributed by atoms with Crippen LogP contribution in [0, 0.1) is 0 Å². The molecule has 1 rings (SSSR count). The van der Waals surface area contributed by atoms with E-state index in [-0.39, 0.29) is 12.0 Å². The number of likely N-dealkylation sites (N-methyl/N-ethyl adjacent to an activating group) is 1. The third-order valence-electron chi connectivity index (χ3n) is 2.75. The zero-order valence-electron chi connectivity index (χ0n) is 8.75. The molecule has 0 saturated carbocycles. The summed E-state index contributed by atoms with van der Waals surface area (Å²) < 4.78 is 5.03. The van der Waals surface area contributed by atoms with E-state index >= 15 is 0 Å². The molecule has 1 heterocycles. The topological polar surface area (TPSA) is 29.5 Å². The van der Waals surface area contributed by atoms with Crippen molar-refractivity contribution in [2.24, 2.45) is 0 Å². The fraction of sp³-hybridized carbons (Fsp3) is 0.900. The van der Waals surface area contributed by atoms with Gasteiger partial charge in [0.15, 0.2) is 0 Å². The number of hydrogen-bond acceptors (Lipinski definition) is 3. The highest BCUT2D eigenvalue weighted by Crippen LogP contribution is 2.23. The normalized spacial score (nSPS) is 29.2. The minimum atomic E-state index is -0.0475. The van der Waals surface area contributed by atoms with Gasteiger partial charge in [0.1, 0.15) is 6.04 Å².